The third kappa shape index (κ3) is 4.26. The van der Waals surface area contributed by atoms with Crippen LogP contribution in [-0.2, 0) is 6.61 Å². The van der Waals surface area contributed by atoms with Gasteiger partial charge in [-0.25, -0.2) is 0 Å². The lowest BCUT2D eigenvalue weighted by atomic mass is 10.1. The van der Waals surface area contributed by atoms with E-state index >= 15 is 0 Å². The third-order valence-electron chi connectivity index (χ3n) is 3.82. The lowest BCUT2D eigenvalue weighted by Gasteiger charge is -2.09. The molecule has 0 bridgehead atoms. The number of anilines is 2. The standard InChI is InChI=1S/C22H21NO/c1-3-18-6-8-19(9-7-18)16-24-22-14-12-21(13-15-22)23-20-10-4-17(2)5-11-20/h3-15,23H,1,16H2,2H3. The summed E-state index contributed by atoms with van der Waals surface area (Å²) >= 11 is 0. The van der Waals surface area contributed by atoms with E-state index in [2.05, 4.69) is 55.2 Å². The molecule has 120 valence electrons. The Labute approximate surface area is 143 Å². The molecule has 0 aliphatic heterocycles. The maximum atomic E-state index is 5.83. The van der Waals surface area contributed by atoms with Crippen molar-refractivity contribution in [3.8, 4) is 5.75 Å². The molecule has 2 heteroatoms. The molecule has 0 aromatic heterocycles. The molecule has 2 nitrogen and oxygen atoms in total. The van der Waals surface area contributed by atoms with Gasteiger partial charge in [-0.05, 0) is 54.4 Å². The minimum atomic E-state index is 0.558. The summed E-state index contributed by atoms with van der Waals surface area (Å²) in [4.78, 5) is 0. The third-order valence-corrected chi connectivity index (χ3v) is 3.82. The maximum Gasteiger partial charge on any atom is 0.119 e. The summed E-state index contributed by atoms with van der Waals surface area (Å²) in [6.45, 7) is 6.40. The van der Waals surface area contributed by atoms with Crippen LogP contribution in [0.5, 0.6) is 5.75 Å². The zero-order valence-corrected chi connectivity index (χ0v) is 13.8. The van der Waals surface area contributed by atoms with E-state index in [0.29, 0.717) is 6.61 Å². The van der Waals surface area contributed by atoms with Gasteiger partial charge in [-0.15, -0.1) is 0 Å². The molecular weight excluding hydrogens is 294 g/mol. The van der Waals surface area contributed by atoms with Crippen LogP contribution in [0.15, 0.2) is 79.4 Å². The van der Waals surface area contributed by atoms with Gasteiger partial charge in [0.05, 0.1) is 0 Å². The Morgan fingerprint density at radius 3 is 2.00 bits per heavy atom. The second kappa shape index (κ2) is 7.51. The summed E-state index contributed by atoms with van der Waals surface area (Å²) in [6, 6.07) is 24.6. The second-order valence-corrected chi connectivity index (χ2v) is 5.75. The van der Waals surface area contributed by atoms with Crippen molar-refractivity contribution in [3.63, 3.8) is 0 Å². The second-order valence-electron chi connectivity index (χ2n) is 5.75. The van der Waals surface area contributed by atoms with E-state index < -0.39 is 0 Å². The van der Waals surface area contributed by atoms with Gasteiger partial charge in [0.1, 0.15) is 12.4 Å². The summed E-state index contributed by atoms with van der Waals surface area (Å²) in [5.74, 6) is 0.859. The fourth-order valence-corrected chi connectivity index (χ4v) is 2.35. The summed E-state index contributed by atoms with van der Waals surface area (Å²) in [6.07, 6.45) is 1.84. The molecule has 0 spiro atoms. The highest BCUT2D eigenvalue weighted by Gasteiger charge is 1.98. The van der Waals surface area contributed by atoms with E-state index in [4.69, 9.17) is 4.74 Å². The number of ether oxygens (including phenoxy) is 1. The summed E-state index contributed by atoms with van der Waals surface area (Å²) in [7, 11) is 0. The Morgan fingerprint density at radius 1 is 0.833 bits per heavy atom. The van der Waals surface area contributed by atoms with Crippen molar-refractivity contribution in [2.75, 3.05) is 5.32 Å². The first-order chi connectivity index (χ1) is 11.7. The molecule has 0 atom stereocenters. The van der Waals surface area contributed by atoms with Crippen molar-refractivity contribution in [1.82, 2.24) is 0 Å². The Kier molecular flexibility index (Phi) is 4.97. The van der Waals surface area contributed by atoms with Crippen LogP contribution in [0.25, 0.3) is 6.08 Å². The Morgan fingerprint density at radius 2 is 1.42 bits per heavy atom. The van der Waals surface area contributed by atoms with E-state index in [1.54, 1.807) is 0 Å². The van der Waals surface area contributed by atoms with Gasteiger partial charge in [-0.1, -0.05) is 54.6 Å². The largest absolute Gasteiger partial charge is 0.489 e. The molecule has 24 heavy (non-hydrogen) atoms. The van der Waals surface area contributed by atoms with Gasteiger partial charge in [0.25, 0.3) is 0 Å². The van der Waals surface area contributed by atoms with Crippen LogP contribution >= 0.6 is 0 Å². The monoisotopic (exact) mass is 315 g/mol. The number of aryl methyl sites for hydroxylation is 1. The fraction of sp³-hybridized carbons (Fsp3) is 0.0909. The number of rotatable bonds is 6. The lowest BCUT2D eigenvalue weighted by Crippen LogP contribution is -1.96. The first kappa shape index (κ1) is 15.9. The van der Waals surface area contributed by atoms with Gasteiger partial charge in [0.2, 0.25) is 0 Å². The van der Waals surface area contributed by atoms with Crippen molar-refractivity contribution >= 4 is 17.5 Å². The average molecular weight is 315 g/mol. The average Bonchev–Trinajstić information content (AvgIpc) is 2.63. The summed E-state index contributed by atoms with van der Waals surface area (Å²) in [5.41, 5.74) is 5.64. The molecule has 0 saturated carbocycles. The Hall–Kier alpha value is -3.00. The number of benzene rings is 3. The van der Waals surface area contributed by atoms with E-state index in [1.807, 2.05) is 42.5 Å². The zero-order valence-electron chi connectivity index (χ0n) is 13.8. The van der Waals surface area contributed by atoms with Gasteiger partial charge in [0.15, 0.2) is 0 Å². The predicted octanol–water partition coefficient (Wildman–Crippen LogP) is 5.96. The minimum Gasteiger partial charge on any atom is -0.489 e. The Bertz CT molecular complexity index is 787. The van der Waals surface area contributed by atoms with Crippen LogP contribution in [0.3, 0.4) is 0 Å². The van der Waals surface area contributed by atoms with Crippen LogP contribution in [0.1, 0.15) is 16.7 Å². The molecule has 1 N–H and O–H groups in total. The lowest BCUT2D eigenvalue weighted by molar-refractivity contribution is 0.306. The van der Waals surface area contributed by atoms with Gasteiger partial charge in [-0.2, -0.15) is 0 Å². The molecule has 0 fully saturated rings. The highest BCUT2D eigenvalue weighted by molar-refractivity contribution is 5.60. The van der Waals surface area contributed by atoms with Crippen molar-refractivity contribution in [2.24, 2.45) is 0 Å². The molecule has 0 unspecified atom stereocenters. The van der Waals surface area contributed by atoms with Crippen LogP contribution in [0, 0.1) is 6.92 Å². The molecule has 0 amide bonds. The molecule has 3 aromatic carbocycles. The molecular formula is C22H21NO. The topological polar surface area (TPSA) is 21.3 Å². The van der Waals surface area contributed by atoms with Gasteiger partial charge in [-0.3, -0.25) is 0 Å². The van der Waals surface area contributed by atoms with Crippen LogP contribution in [0.4, 0.5) is 11.4 Å². The molecule has 0 radical (unpaired) electrons. The highest BCUT2D eigenvalue weighted by Crippen LogP contribution is 2.21. The number of hydrogen-bond donors (Lipinski definition) is 1. The van der Waals surface area contributed by atoms with Crippen LogP contribution in [-0.4, -0.2) is 0 Å². The Balaban J connectivity index is 1.57. The summed E-state index contributed by atoms with van der Waals surface area (Å²) in [5, 5.41) is 3.38. The highest BCUT2D eigenvalue weighted by atomic mass is 16.5. The maximum absolute atomic E-state index is 5.83. The van der Waals surface area contributed by atoms with Crippen molar-refractivity contribution in [1.29, 1.82) is 0 Å². The predicted molar refractivity (Wildman–Crippen MR) is 102 cm³/mol. The molecule has 0 saturated heterocycles. The normalized spacial score (nSPS) is 10.2. The van der Waals surface area contributed by atoms with Gasteiger partial charge in [0, 0.05) is 11.4 Å². The molecule has 0 aliphatic carbocycles. The molecule has 3 aromatic rings. The molecule has 3 rings (SSSR count). The summed E-state index contributed by atoms with van der Waals surface area (Å²) < 4.78 is 5.83. The smallest absolute Gasteiger partial charge is 0.119 e. The number of nitrogens with one attached hydrogen (secondary N) is 1. The van der Waals surface area contributed by atoms with Crippen LogP contribution in [0.2, 0.25) is 0 Å². The van der Waals surface area contributed by atoms with E-state index in [9.17, 15) is 0 Å². The fourth-order valence-electron chi connectivity index (χ4n) is 2.35. The van der Waals surface area contributed by atoms with Gasteiger partial charge < -0.3 is 10.1 Å². The molecule has 0 heterocycles. The first-order valence-electron chi connectivity index (χ1n) is 8.01. The van der Waals surface area contributed by atoms with Crippen LogP contribution < -0.4 is 10.1 Å². The van der Waals surface area contributed by atoms with E-state index in [0.717, 1.165) is 28.3 Å². The quantitative estimate of drug-likeness (QED) is 0.606. The van der Waals surface area contributed by atoms with E-state index in [1.165, 1.54) is 5.56 Å². The zero-order chi connectivity index (χ0) is 16.8. The number of hydrogen-bond acceptors (Lipinski definition) is 2. The van der Waals surface area contributed by atoms with Crippen molar-refractivity contribution in [2.45, 2.75) is 13.5 Å². The SMILES string of the molecule is C=Cc1ccc(COc2ccc(Nc3ccc(C)cc3)cc2)cc1. The van der Waals surface area contributed by atoms with Gasteiger partial charge >= 0.3 is 0 Å². The first-order valence-corrected chi connectivity index (χ1v) is 8.01. The minimum absolute atomic E-state index is 0.558. The van der Waals surface area contributed by atoms with Crippen molar-refractivity contribution in [3.05, 3.63) is 96.1 Å². The molecule has 0 aliphatic rings. The van der Waals surface area contributed by atoms with Crippen molar-refractivity contribution < 1.29 is 4.74 Å². The van der Waals surface area contributed by atoms with E-state index in [-0.39, 0.29) is 0 Å².